The number of nitrogens with zero attached hydrogens (tertiary/aromatic N) is 4. The molecule has 6 nitrogen and oxygen atoms in total. The van der Waals surface area contributed by atoms with Crippen LogP contribution in [0.4, 0.5) is 5.82 Å². The number of hydrazine groups is 1. The SMILES string of the molecule is Cc1cc(NN)nc(CSc2ccncn2)n1. The van der Waals surface area contributed by atoms with Crippen LogP contribution >= 0.6 is 11.8 Å². The molecule has 0 radical (unpaired) electrons. The molecule has 0 saturated carbocycles. The summed E-state index contributed by atoms with van der Waals surface area (Å²) in [5, 5.41) is 0.896. The molecule has 0 amide bonds. The first-order chi connectivity index (χ1) is 8.28. The van der Waals surface area contributed by atoms with Gasteiger partial charge < -0.3 is 5.43 Å². The van der Waals surface area contributed by atoms with Crippen LogP contribution in [0.3, 0.4) is 0 Å². The number of hydrogen-bond donors (Lipinski definition) is 2. The van der Waals surface area contributed by atoms with Gasteiger partial charge in [0.05, 0.1) is 10.8 Å². The van der Waals surface area contributed by atoms with Crippen LogP contribution in [0.5, 0.6) is 0 Å². The number of rotatable bonds is 4. The molecule has 0 spiro atoms. The van der Waals surface area contributed by atoms with Crippen molar-refractivity contribution in [1.29, 1.82) is 0 Å². The summed E-state index contributed by atoms with van der Waals surface area (Å²) in [7, 11) is 0. The molecule has 17 heavy (non-hydrogen) atoms. The number of aryl methyl sites for hydroxylation is 1. The van der Waals surface area contributed by atoms with Gasteiger partial charge in [0, 0.05) is 18.0 Å². The van der Waals surface area contributed by atoms with Crippen LogP contribution in [0.15, 0.2) is 29.7 Å². The Morgan fingerprint density at radius 3 is 3.00 bits per heavy atom. The molecule has 0 atom stereocenters. The fourth-order valence-corrected chi connectivity index (χ4v) is 1.96. The highest BCUT2D eigenvalue weighted by molar-refractivity contribution is 7.98. The maximum atomic E-state index is 5.33. The van der Waals surface area contributed by atoms with E-state index in [1.54, 1.807) is 24.0 Å². The van der Waals surface area contributed by atoms with Crippen LogP contribution < -0.4 is 11.3 Å². The smallest absolute Gasteiger partial charge is 0.143 e. The van der Waals surface area contributed by atoms with Gasteiger partial charge in [-0.3, -0.25) is 0 Å². The molecule has 2 aromatic heterocycles. The Bertz CT molecular complexity index is 489. The summed E-state index contributed by atoms with van der Waals surface area (Å²) in [5.74, 6) is 7.32. The molecular weight excluding hydrogens is 236 g/mol. The van der Waals surface area contributed by atoms with E-state index in [-0.39, 0.29) is 0 Å². The molecule has 2 rings (SSSR count). The topological polar surface area (TPSA) is 89.6 Å². The van der Waals surface area contributed by atoms with Crippen LogP contribution in [0.2, 0.25) is 0 Å². The Kier molecular flexibility index (Phi) is 3.84. The van der Waals surface area contributed by atoms with Crippen LogP contribution in [0.25, 0.3) is 0 Å². The minimum Gasteiger partial charge on any atom is -0.308 e. The van der Waals surface area contributed by atoms with Crippen molar-refractivity contribution in [2.75, 3.05) is 5.43 Å². The molecule has 0 aliphatic rings. The maximum absolute atomic E-state index is 5.33. The summed E-state index contributed by atoms with van der Waals surface area (Å²) in [6, 6.07) is 3.64. The highest BCUT2D eigenvalue weighted by atomic mass is 32.2. The van der Waals surface area contributed by atoms with E-state index in [9.17, 15) is 0 Å². The van der Waals surface area contributed by atoms with Crippen molar-refractivity contribution >= 4 is 17.6 Å². The first kappa shape index (κ1) is 11.7. The molecule has 2 heterocycles. The molecule has 0 fully saturated rings. The van der Waals surface area contributed by atoms with Gasteiger partial charge in [-0.25, -0.2) is 25.8 Å². The Balaban J connectivity index is 2.06. The van der Waals surface area contributed by atoms with Crippen molar-refractivity contribution in [1.82, 2.24) is 19.9 Å². The van der Waals surface area contributed by atoms with Gasteiger partial charge >= 0.3 is 0 Å². The molecule has 0 bridgehead atoms. The second-order valence-electron chi connectivity index (χ2n) is 3.29. The largest absolute Gasteiger partial charge is 0.308 e. The van der Waals surface area contributed by atoms with Gasteiger partial charge in [-0.05, 0) is 13.0 Å². The lowest BCUT2D eigenvalue weighted by molar-refractivity contribution is 0.984. The number of nitrogen functional groups attached to an aromatic ring is 1. The molecule has 3 N–H and O–H groups in total. The Labute approximate surface area is 103 Å². The molecule has 0 aromatic carbocycles. The van der Waals surface area contributed by atoms with Crippen LogP contribution in [-0.4, -0.2) is 19.9 Å². The fraction of sp³-hybridized carbons (Fsp3) is 0.200. The van der Waals surface area contributed by atoms with Gasteiger partial charge in [-0.2, -0.15) is 0 Å². The Morgan fingerprint density at radius 2 is 2.29 bits per heavy atom. The number of hydrogen-bond acceptors (Lipinski definition) is 7. The van der Waals surface area contributed by atoms with E-state index in [0.717, 1.165) is 16.5 Å². The lowest BCUT2D eigenvalue weighted by Gasteiger charge is -2.04. The fourth-order valence-electron chi connectivity index (χ4n) is 1.27. The second-order valence-corrected chi connectivity index (χ2v) is 4.29. The number of nitrogens with two attached hydrogens (primary N) is 1. The molecule has 0 unspecified atom stereocenters. The van der Waals surface area contributed by atoms with Gasteiger partial charge in [0.25, 0.3) is 0 Å². The molecular formula is C10H12N6S. The average molecular weight is 248 g/mol. The number of anilines is 1. The molecule has 7 heteroatoms. The first-order valence-corrected chi connectivity index (χ1v) is 5.96. The van der Waals surface area contributed by atoms with E-state index < -0.39 is 0 Å². The lowest BCUT2D eigenvalue weighted by Crippen LogP contribution is -2.10. The molecule has 2 aromatic rings. The normalized spacial score (nSPS) is 10.2. The van der Waals surface area contributed by atoms with Gasteiger partial charge in [0.2, 0.25) is 0 Å². The van der Waals surface area contributed by atoms with Crippen molar-refractivity contribution in [2.45, 2.75) is 17.7 Å². The van der Waals surface area contributed by atoms with Crippen molar-refractivity contribution < 1.29 is 0 Å². The predicted octanol–water partition coefficient (Wildman–Crippen LogP) is 1.15. The van der Waals surface area contributed by atoms with Gasteiger partial charge in [0.15, 0.2) is 0 Å². The summed E-state index contributed by atoms with van der Waals surface area (Å²) in [4.78, 5) is 16.6. The maximum Gasteiger partial charge on any atom is 0.143 e. The molecule has 0 aliphatic carbocycles. The van der Waals surface area contributed by atoms with E-state index >= 15 is 0 Å². The second kappa shape index (κ2) is 5.55. The minimum atomic E-state index is 0.621. The van der Waals surface area contributed by atoms with Crippen molar-refractivity contribution in [3.8, 4) is 0 Å². The number of aromatic nitrogens is 4. The summed E-state index contributed by atoms with van der Waals surface area (Å²) in [6.45, 7) is 1.90. The number of thioether (sulfide) groups is 1. The lowest BCUT2D eigenvalue weighted by atomic mass is 10.4. The van der Waals surface area contributed by atoms with E-state index in [2.05, 4.69) is 25.4 Å². The average Bonchev–Trinajstić information content (AvgIpc) is 2.37. The van der Waals surface area contributed by atoms with Crippen LogP contribution in [-0.2, 0) is 5.75 Å². The standard InChI is InChI=1S/C10H12N6S/c1-7-4-8(16-11)15-9(14-7)5-17-10-2-3-12-6-13-10/h2-4,6H,5,11H2,1H3,(H,14,15,16). The monoisotopic (exact) mass is 248 g/mol. The third kappa shape index (κ3) is 3.36. The third-order valence-electron chi connectivity index (χ3n) is 1.95. The quantitative estimate of drug-likeness (QED) is 0.363. The highest BCUT2D eigenvalue weighted by Crippen LogP contribution is 2.18. The van der Waals surface area contributed by atoms with E-state index in [1.807, 2.05) is 13.0 Å². The van der Waals surface area contributed by atoms with Crippen LogP contribution in [0, 0.1) is 6.92 Å². The van der Waals surface area contributed by atoms with E-state index in [0.29, 0.717) is 11.6 Å². The number of nitrogens with one attached hydrogen (secondary N) is 1. The van der Waals surface area contributed by atoms with E-state index in [1.165, 1.54) is 6.33 Å². The van der Waals surface area contributed by atoms with E-state index in [4.69, 9.17) is 5.84 Å². The van der Waals surface area contributed by atoms with Crippen molar-refractivity contribution in [2.24, 2.45) is 5.84 Å². The first-order valence-electron chi connectivity index (χ1n) is 4.98. The molecule has 0 saturated heterocycles. The van der Waals surface area contributed by atoms with Crippen molar-refractivity contribution in [3.05, 3.63) is 36.2 Å². The van der Waals surface area contributed by atoms with Gasteiger partial charge in [-0.1, -0.05) is 11.8 Å². The summed E-state index contributed by atoms with van der Waals surface area (Å²) >= 11 is 1.56. The summed E-state index contributed by atoms with van der Waals surface area (Å²) in [6.07, 6.45) is 3.23. The zero-order chi connectivity index (χ0) is 12.1. The van der Waals surface area contributed by atoms with Crippen LogP contribution in [0.1, 0.15) is 11.5 Å². The van der Waals surface area contributed by atoms with Gasteiger partial charge in [0.1, 0.15) is 18.0 Å². The Hall–Kier alpha value is -1.73. The van der Waals surface area contributed by atoms with Gasteiger partial charge in [-0.15, -0.1) is 0 Å². The molecule has 0 aliphatic heterocycles. The summed E-state index contributed by atoms with van der Waals surface area (Å²) in [5.41, 5.74) is 3.40. The van der Waals surface area contributed by atoms with Crippen molar-refractivity contribution in [3.63, 3.8) is 0 Å². The molecule has 88 valence electrons. The highest BCUT2D eigenvalue weighted by Gasteiger charge is 2.03. The summed E-state index contributed by atoms with van der Waals surface area (Å²) < 4.78 is 0. The Morgan fingerprint density at radius 1 is 1.41 bits per heavy atom. The predicted molar refractivity (Wildman–Crippen MR) is 66.2 cm³/mol. The third-order valence-corrected chi connectivity index (χ3v) is 2.89. The zero-order valence-corrected chi connectivity index (χ0v) is 10.1. The zero-order valence-electron chi connectivity index (χ0n) is 9.29. The minimum absolute atomic E-state index is 0.621.